The number of carbonyl (C=O) groups excluding carboxylic acids is 4. The summed E-state index contributed by atoms with van der Waals surface area (Å²) < 4.78 is 10.5. The van der Waals surface area contributed by atoms with Crippen molar-refractivity contribution >= 4 is 29.1 Å². The van der Waals surface area contributed by atoms with E-state index in [4.69, 9.17) is 9.15 Å². The number of rotatable bonds is 7. The fourth-order valence-electron chi connectivity index (χ4n) is 2.66. The van der Waals surface area contributed by atoms with E-state index >= 15 is 0 Å². The normalized spacial score (nSPS) is 10.3. The van der Waals surface area contributed by atoms with Gasteiger partial charge in [-0.05, 0) is 50.2 Å². The molecule has 152 valence electrons. The van der Waals surface area contributed by atoms with Gasteiger partial charge in [-0.3, -0.25) is 14.4 Å². The summed E-state index contributed by atoms with van der Waals surface area (Å²) in [4.78, 5) is 46.7. The smallest absolute Gasteiger partial charge is 0.374 e. The number of hydrogen-bond donors (Lipinski definition) is 1. The van der Waals surface area contributed by atoms with Crippen LogP contribution >= 0.6 is 0 Å². The number of nitrogens with one attached hydrogen (secondary N) is 1. The predicted octanol–water partition coefficient (Wildman–Crippen LogP) is 4.15. The van der Waals surface area contributed by atoms with E-state index in [1.165, 1.54) is 19.9 Å². The molecule has 1 heterocycles. The minimum Gasteiger partial charge on any atom is -0.450 e. The zero-order valence-corrected chi connectivity index (χ0v) is 16.4. The van der Waals surface area contributed by atoms with E-state index in [9.17, 15) is 19.2 Å². The fraction of sp³-hybridized carbons (Fsp3) is 0.130. The highest BCUT2D eigenvalue weighted by molar-refractivity contribution is 5.97. The second kappa shape index (κ2) is 9.00. The topological polar surface area (TPSA) is 103 Å². The molecule has 0 saturated carbocycles. The van der Waals surface area contributed by atoms with Crippen LogP contribution in [0.2, 0.25) is 0 Å². The van der Waals surface area contributed by atoms with Crippen molar-refractivity contribution in [1.82, 2.24) is 0 Å². The van der Waals surface area contributed by atoms with Crippen molar-refractivity contribution in [3.05, 3.63) is 77.6 Å². The Morgan fingerprint density at radius 3 is 1.93 bits per heavy atom. The summed E-state index contributed by atoms with van der Waals surface area (Å²) in [6.45, 7) is 2.44. The third-order valence-electron chi connectivity index (χ3n) is 4.29. The standard InChI is InChI=1S/C23H19NO6/c1-14(25)16-3-5-18(6-4-16)20-11-12-21(30-20)23(28)29-13-22(27)24-19-9-7-17(8-10-19)15(2)26/h3-12H,13H2,1-2H3,(H,24,27). The molecule has 0 unspecified atom stereocenters. The molecule has 0 fully saturated rings. The SMILES string of the molecule is CC(=O)c1ccc(NC(=O)COC(=O)c2ccc(-c3ccc(C(C)=O)cc3)o2)cc1. The van der Waals surface area contributed by atoms with Gasteiger partial charge in [-0.2, -0.15) is 0 Å². The number of carbonyl (C=O) groups is 4. The van der Waals surface area contributed by atoms with Crippen molar-refractivity contribution in [1.29, 1.82) is 0 Å². The van der Waals surface area contributed by atoms with Crippen LogP contribution in [0.3, 0.4) is 0 Å². The second-order valence-corrected chi connectivity index (χ2v) is 6.56. The Hall–Kier alpha value is -4.00. The molecule has 1 amide bonds. The molecule has 7 nitrogen and oxygen atoms in total. The summed E-state index contributed by atoms with van der Waals surface area (Å²) in [5, 5.41) is 2.57. The van der Waals surface area contributed by atoms with Crippen LogP contribution in [0.25, 0.3) is 11.3 Å². The van der Waals surface area contributed by atoms with Gasteiger partial charge in [0.2, 0.25) is 5.76 Å². The van der Waals surface area contributed by atoms with Crippen molar-refractivity contribution in [3.8, 4) is 11.3 Å². The first-order valence-corrected chi connectivity index (χ1v) is 9.12. The molecule has 30 heavy (non-hydrogen) atoms. The van der Waals surface area contributed by atoms with Crippen LogP contribution in [0.5, 0.6) is 0 Å². The lowest BCUT2D eigenvalue weighted by Crippen LogP contribution is -2.20. The van der Waals surface area contributed by atoms with Gasteiger partial charge in [0.25, 0.3) is 5.91 Å². The van der Waals surface area contributed by atoms with Crippen LogP contribution in [-0.2, 0) is 9.53 Å². The Bertz CT molecular complexity index is 1090. The van der Waals surface area contributed by atoms with Gasteiger partial charge in [0.1, 0.15) is 5.76 Å². The Morgan fingerprint density at radius 2 is 1.37 bits per heavy atom. The van der Waals surface area contributed by atoms with E-state index in [1.807, 2.05) is 0 Å². The Kier molecular flexibility index (Phi) is 6.22. The summed E-state index contributed by atoms with van der Waals surface area (Å²) in [6, 6.07) is 16.2. The van der Waals surface area contributed by atoms with E-state index in [1.54, 1.807) is 54.6 Å². The molecular weight excluding hydrogens is 386 g/mol. The van der Waals surface area contributed by atoms with Crippen LogP contribution in [0.1, 0.15) is 45.1 Å². The highest BCUT2D eigenvalue weighted by Crippen LogP contribution is 2.23. The molecule has 0 aliphatic heterocycles. The van der Waals surface area contributed by atoms with Gasteiger partial charge in [0, 0.05) is 22.4 Å². The van der Waals surface area contributed by atoms with Crippen LogP contribution in [-0.4, -0.2) is 30.0 Å². The van der Waals surface area contributed by atoms with Gasteiger partial charge in [0.15, 0.2) is 18.2 Å². The Morgan fingerprint density at radius 1 is 0.800 bits per heavy atom. The van der Waals surface area contributed by atoms with Gasteiger partial charge in [-0.15, -0.1) is 0 Å². The quantitative estimate of drug-likeness (QED) is 0.468. The maximum atomic E-state index is 12.1. The van der Waals surface area contributed by atoms with Gasteiger partial charge < -0.3 is 14.5 Å². The number of anilines is 1. The van der Waals surface area contributed by atoms with Gasteiger partial charge >= 0.3 is 5.97 Å². The van der Waals surface area contributed by atoms with Crippen LogP contribution in [0, 0.1) is 0 Å². The van der Waals surface area contributed by atoms with Crippen LogP contribution in [0.15, 0.2) is 65.1 Å². The van der Waals surface area contributed by atoms with Crippen molar-refractivity contribution in [2.45, 2.75) is 13.8 Å². The van der Waals surface area contributed by atoms with E-state index in [-0.39, 0.29) is 17.3 Å². The molecule has 0 saturated heterocycles. The van der Waals surface area contributed by atoms with Crippen LogP contribution < -0.4 is 5.32 Å². The van der Waals surface area contributed by atoms with Crippen molar-refractivity contribution in [2.75, 3.05) is 11.9 Å². The van der Waals surface area contributed by atoms with Gasteiger partial charge in [-0.1, -0.05) is 24.3 Å². The maximum absolute atomic E-state index is 12.1. The number of furan rings is 1. The van der Waals surface area contributed by atoms with E-state index in [0.29, 0.717) is 28.1 Å². The molecule has 1 aromatic heterocycles. The number of benzene rings is 2. The molecule has 0 atom stereocenters. The lowest BCUT2D eigenvalue weighted by atomic mass is 10.1. The molecule has 3 rings (SSSR count). The van der Waals surface area contributed by atoms with E-state index in [0.717, 1.165) is 0 Å². The minimum absolute atomic E-state index is 0.0424. The lowest BCUT2D eigenvalue weighted by Gasteiger charge is -2.06. The van der Waals surface area contributed by atoms with Crippen molar-refractivity contribution < 1.29 is 28.3 Å². The lowest BCUT2D eigenvalue weighted by molar-refractivity contribution is -0.119. The molecule has 0 radical (unpaired) electrons. The molecule has 0 aliphatic carbocycles. The molecule has 1 N–H and O–H groups in total. The predicted molar refractivity (Wildman–Crippen MR) is 110 cm³/mol. The van der Waals surface area contributed by atoms with E-state index < -0.39 is 18.5 Å². The number of Topliss-reactive ketones (excluding diaryl/α,β-unsaturated/α-hetero) is 2. The average molecular weight is 405 g/mol. The summed E-state index contributed by atoms with van der Waals surface area (Å²) in [7, 11) is 0. The molecule has 0 aliphatic rings. The maximum Gasteiger partial charge on any atom is 0.374 e. The first kappa shape index (κ1) is 20.7. The highest BCUT2D eigenvalue weighted by atomic mass is 16.5. The highest BCUT2D eigenvalue weighted by Gasteiger charge is 2.16. The minimum atomic E-state index is -0.774. The molecule has 2 aromatic carbocycles. The fourth-order valence-corrected chi connectivity index (χ4v) is 2.66. The number of ketones is 2. The number of amides is 1. The Labute approximate surface area is 172 Å². The van der Waals surface area contributed by atoms with Gasteiger partial charge in [-0.25, -0.2) is 4.79 Å². The summed E-state index contributed by atoms with van der Waals surface area (Å²) >= 11 is 0. The monoisotopic (exact) mass is 405 g/mol. The number of ether oxygens (including phenoxy) is 1. The van der Waals surface area contributed by atoms with Gasteiger partial charge in [0.05, 0.1) is 0 Å². The third-order valence-corrected chi connectivity index (χ3v) is 4.29. The zero-order valence-electron chi connectivity index (χ0n) is 16.4. The number of esters is 1. The van der Waals surface area contributed by atoms with Crippen molar-refractivity contribution in [3.63, 3.8) is 0 Å². The largest absolute Gasteiger partial charge is 0.450 e. The van der Waals surface area contributed by atoms with Crippen LogP contribution in [0.4, 0.5) is 5.69 Å². The zero-order chi connectivity index (χ0) is 21.7. The molecule has 3 aromatic rings. The summed E-state index contributed by atoms with van der Waals surface area (Å²) in [6.07, 6.45) is 0. The molecule has 7 heteroatoms. The number of hydrogen-bond acceptors (Lipinski definition) is 6. The Balaban J connectivity index is 1.55. The molecule has 0 bridgehead atoms. The first-order valence-electron chi connectivity index (χ1n) is 9.12. The van der Waals surface area contributed by atoms with Crippen molar-refractivity contribution in [2.24, 2.45) is 0 Å². The van der Waals surface area contributed by atoms with E-state index in [2.05, 4.69) is 5.32 Å². The molecule has 0 spiro atoms. The molecular formula is C23H19NO6. The summed E-state index contributed by atoms with van der Waals surface area (Å²) in [5.74, 6) is -1.02. The first-order chi connectivity index (χ1) is 14.3. The average Bonchev–Trinajstić information content (AvgIpc) is 3.23. The summed E-state index contributed by atoms with van der Waals surface area (Å²) in [5.41, 5.74) is 2.29. The second-order valence-electron chi connectivity index (χ2n) is 6.56. The third kappa shape index (κ3) is 5.08.